The van der Waals surface area contributed by atoms with Crippen LogP contribution in [-0.2, 0) is 19.6 Å². The lowest BCUT2D eigenvalue weighted by molar-refractivity contribution is 0.0697. The van der Waals surface area contributed by atoms with Gasteiger partial charge in [0.2, 0.25) is 0 Å². The van der Waals surface area contributed by atoms with Gasteiger partial charge < -0.3 is 24.2 Å². The van der Waals surface area contributed by atoms with Gasteiger partial charge in [-0.2, -0.15) is 0 Å². The number of ether oxygens (including phenoxy) is 1. The van der Waals surface area contributed by atoms with Crippen LogP contribution in [-0.4, -0.2) is 47.7 Å². The molecule has 1 aliphatic heterocycles. The van der Waals surface area contributed by atoms with Gasteiger partial charge in [0.1, 0.15) is 5.75 Å². The van der Waals surface area contributed by atoms with Gasteiger partial charge in [-0.05, 0) is 78.8 Å². The van der Waals surface area contributed by atoms with Gasteiger partial charge in [-0.1, -0.05) is 60.7 Å². The van der Waals surface area contributed by atoms with Gasteiger partial charge in [0, 0.05) is 41.3 Å². The van der Waals surface area contributed by atoms with Crippen LogP contribution in [0.1, 0.15) is 37.7 Å². The van der Waals surface area contributed by atoms with E-state index in [1.54, 1.807) is 25.3 Å². The highest BCUT2D eigenvalue weighted by molar-refractivity contribution is 6.07. The van der Waals surface area contributed by atoms with E-state index in [0.717, 1.165) is 40.2 Å². The van der Waals surface area contributed by atoms with Crippen LogP contribution < -0.4 is 9.64 Å². The Morgan fingerprint density at radius 3 is 2.19 bits per heavy atom. The van der Waals surface area contributed by atoms with E-state index in [0.29, 0.717) is 30.0 Å². The molecule has 0 bridgehead atoms. The van der Waals surface area contributed by atoms with Crippen molar-refractivity contribution in [1.82, 2.24) is 9.47 Å². The number of carbonyl (C=O) groups excluding carboxylic acids is 1. The van der Waals surface area contributed by atoms with Gasteiger partial charge >= 0.3 is 5.97 Å². The van der Waals surface area contributed by atoms with E-state index in [4.69, 9.17) is 4.74 Å². The molecule has 1 amide bonds. The van der Waals surface area contributed by atoms with Gasteiger partial charge in [0.05, 0.1) is 19.2 Å². The Hall–Kier alpha value is -5.14. The van der Waals surface area contributed by atoms with E-state index in [1.165, 1.54) is 5.69 Å². The maximum absolute atomic E-state index is 14.2. The van der Waals surface area contributed by atoms with Gasteiger partial charge in [-0.25, -0.2) is 4.79 Å². The summed E-state index contributed by atoms with van der Waals surface area (Å²) in [6, 6.07) is 32.4. The summed E-state index contributed by atoms with van der Waals surface area (Å²) in [7, 11) is 5.70. The molecule has 1 aliphatic rings. The molecule has 216 valence electrons. The molecular weight excluding hydrogens is 538 g/mol. The summed E-state index contributed by atoms with van der Waals surface area (Å²) >= 11 is 0. The summed E-state index contributed by atoms with van der Waals surface area (Å²) in [5.41, 5.74) is 7.97. The number of amides is 1. The molecule has 5 aromatic rings. The van der Waals surface area contributed by atoms with Crippen LogP contribution >= 0.6 is 0 Å². The van der Waals surface area contributed by atoms with Crippen LogP contribution in [0.25, 0.3) is 22.3 Å². The highest BCUT2D eigenvalue weighted by atomic mass is 16.5. The molecule has 0 atom stereocenters. The first kappa shape index (κ1) is 28.0. The number of carboxylic acids is 1. The summed E-state index contributed by atoms with van der Waals surface area (Å²) < 4.78 is 8.15. The number of fused-ring (bicyclic) bond motifs is 2. The summed E-state index contributed by atoms with van der Waals surface area (Å²) in [5.74, 6) is -0.576. The maximum Gasteiger partial charge on any atom is 0.336 e. The second-order valence-electron chi connectivity index (χ2n) is 11.0. The van der Waals surface area contributed by atoms with Crippen LogP contribution in [0.4, 0.5) is 5.69 Å². The number of carbonyl (C=O) groups is 2. The molecule has 6 rings (SSSR count). The highest BCUT2D eigenvalue weighted by Crippen LogP contribution is 2.39. The summed E-state index contributed by atoms with van der Waals surface area (Å²) in [4.78, 5) is 30.2. The third kappa shape index (κ3) is 5.31. The van der Waals surface area contributed by atoms with Gasteiger partial charge in [-0.3, -0.25) is 4.79 Å². The minimum atomic E-state index is -0.990. The Kier molecular flexibility index (Phi) is 7.57. The molecule has 0 radical (unpaired) electrons. The van der Waals surface area contributed by atoms with E-state index < -0.39 is 5.97 Å². The largest absolute Gasteiger partial charge is 0.496 e. The molecule has 7 nitrogen and oxygen atoms in total. The van der Waals surface area contributed by atoms with Crippen molar-refractivity contribution >= 4 is 17.6 Å². The molecule has 0 unspecified atom stereocenters. The molecular formula is C36H33N3O4. The molecule has 43 heavy (non-hydrogen) atoms. The quantitative estimate of drug-likeness (QED) is 0.233. The number of carboxylic acid groups (broad SMARTS) is 1. The van der Waals surface area contributed by atoms with Crippen LogP contribution in [0.3, 0.4) is 0 Å². The number of para-hydroxylation sites is 1. The molecule has 0 fully saturated rings. The average Bonchev–Trinajstić information content (AvgIpc) is 3.29. The maximum atomic E-state index is 14.2. The summed E-state index contributed by atoms with van der Waals surface area (Å²) in [6.45, 7) is 1.96. The molecule has 0 saturated carbocycles. The fraction of sp³-hybridized carbons (Fsp3) is 0.167. The predicted octanol–water partition coefficient (Wildman–Crippen LogP) is 6.80. The Morgan fingerprint density at radius 2 is 1.47 bits per heavy atom. The lowest BCUT2D eigenvalue weighted by Crippen LogP contribution is -2.30. The Balaban J connectivity index is 1.40. The molecule has 1 N–H and O–H groups in total. The lowest BCUT2D eigenvalue weighted by Gasteiger charge is -2.23. The molecule has 0 spiro atoms. The van der Waals surface area contributed by atoms with E-state index in [1.807, 2.05) is 71.6 Å². The zero-order valence-electron chi connectivity index (χ0n) is 24.4. The minimum absolute atomic E-state index is 0.120. The number of hydrogen-bond acceptors (Lipinski definition) is 4. The Labute approximate surface area is 251 Å². The standard InChI is InChI=1S/C36H33N3O4/c1-37(2)22-26-17-18-27-23-39(33-15-9-4-10-25(33)21-38(26)27)35(40)24-16-19-31(34(20-24)43-3)29-12-6-5-11-28(29)30-13-7-8-14-32(30)36(41)42/h4-20H,21-23H2,1-3H3,(H,41,42). The minimum Gasteiger partial charge on any atom is -0.496 e. The fourth-order valence-electron chi connectivity index (χ4n) is 5.93. The normalized spacial score (nSPS) is 12.4. The van der Waals surface area contributed by atoms with Crippen molar-refractivity contribution in [2.24, 2.45) is 0 Å². The van der Waals surface area contributed by atoms with Crippen molar-refractivity contribution in [3.63, 3.8) is 0 Å². The van der Waals surface area contributed by atoms with Crippen molar-refractivity contribution in [2.75, 3.05) is 26.1 Å². The molecule has 1 aromatic heterocycles. The number of aromatic nitrogens is 1. The van der Waals surface area contributed by atoms with Crippen molar-refractivity contribution in [3.05, 3.63) is 131 Å². The molecule has 0 saturated heterocycles. The lowest BCUT2D eigenvalue weighted by atomic mass is 9.91. The number of hydrogen-bond donors (Lipinski definition) is 1. The van der Waals surface area contributed by atoms with Gasteiger partial charge in [0.25, 0.3) is 5.91 Å². The first-order valence-electron chi connectivity index (χ1n) is 14.2. The average molecular weight is 572 g/mol. The third-order valence-corrected chi connectivity index (χ3v) is 7.93. The number of nitrogens with zero attached hydrogens (tertiary/aromatic N) is 3. The molecule has 7 heteroatoms. The molecule has 2 heterocycles. The van der Waals surface area contributed by atoms with Crippen molar-refractivity contribution in [2.45, 2.75) is 19.6 Å². The number of anilines is 1. The first-order chi connectivity index (χ1) is 20.9. The van der Waals surface area contributed by atoms with Crippen molar-refractivity contribution < 1.29 is 19.4 Å². The Morgan fingerprint density at radius 1 is 0.791 bits per heavy atom. The second kappa shape index (κ2) is 11.6. The van der Waals surface area contributed by atoms with E-state index in [-0.39, 0.29) is 11.5 Å². The number of aromatic carboxylic acids is 1. The Bertz CT molecular complexity index is 1840. The zero-order valence-corrected chi connectivity index (χ0v) is 24.4. The zero-order chi connectivity index (χ0) is 30.1. The highest BCUT2D eigenvalue weighted by Gasteiger charge is 2.27. The van der Waals surface area contributed by atoms with Gasteiger partial charge in [-0.15, -0.1) is 0 Å². The van der Waals surface area contributed by atoms with E-state index in [2.05, 4.69) is 41.8 Å². The number of benzene rings is 4. The van der Waals surface area contributed by atoms with E-state index >= 15 is 0 Å². The molecule has 0 aliphatic carbocycles. The fourth-order valence-corrected chi connectivity index (χ4v) is 5.93. The predicted molar refractivity (Wildman–Crippen MR) is 169 cm³/mol. The second-order valence-corrected chi connectivity index (χ2v) is 11.0. The van der Waals surface area contributed by atoms with E-state index in [9.17, 15) is 14.7 Å². The van der Waals surface area contributed by atoms with Crippen LogP contribution in [0, 0.1) is 0 Å². The van der Waals surface area contributed by atoms with Crippen LogP contribution in [0.5, 0.6) is 5.75 Å². The molecule has 4 aromatic carbocycles. The third-order valence-electron chi connectivity index (χ3n) is 7.93. The topological polar surface area (TPSA) is 75.0 Å². The summed E-state index contributed by atoms with van der Waals surface area (Å²) in [5, 5.41) is 9.83. The smallest absolute Gasteiger partial charge is 0.336 e. The first-order valence-corrected chi connectivity index (χ1v) is 14.2. The number of methoxy groups -OCH3 is 1. The summed E-state index contributed by atoms with van der Waals surface area (Å²) in [6.07, 6.45) is 0. The van der Waals surface area contributed by atoms with Crippen LogP contribution in [0.2, 0.25) is 0 Å². The van der Waals surface area contributed by atoms with Gasteiger partial charge in [0.15, 0.2) is 0 Å². The number of rotatable bonds is 7. The SMILES string of the molecule is COc1cc(C(=O)N2Cc3ccc(CN(C)C)n3Cc3ccccc32)ccc1-c1ccccc1-c1ccccc1C(=O)O. The monoisotopic (exact) mass is 571 g/mol. The van der Waals surface area contributed by atoms with Crippen LogP contribution in [0.15, 0.2) is 103 Å². The van der Waals surface area contributed by atoms with Crippen molar-refractivity contribution in [1.29, 1.82) is 0 Å². The van der Waals surface area contributed by atoms with Crippen molar-refractivity contribution in [3.8, 4) is 28.0 Å².